The molecule has 1 aromatic rings. The topological polar surface area (TPSA) is 41.1 Å². The highest BCUT2D eigenvalue weighted by Crippen LogP contribution is 2.20. The smallest absolute Gasteiger partial charge is 0.226 e. The quantitative estimate of drug-likeness (QED) is 0.814. The fraction of sp³-hybridized carbons (Fsp3) is 0.385. The number of nitrogens with one attached hydrogen (secondary N) is 2. The van der Waals surface area contributed by atoms with Gasteiger partial charge in [-0.25, -0.2) is 0 Å². The summed E-state index contributed by atoms with van der Waals surface area (Å²) in [4.78, 5) is 11.5. The highest BCUT2D eigenvalue weighted by atomic mass is 35.5. The summed E-state index contributed by atoms with van der Waals surface area (Å²) in [5, 5.41) is 7.04. The molecule has 0 atom stereocenters. The lowest BCUT2D eigenvalue weighted by Gasteiger charge is -2.10. The second kappa shape index (κ2) is 8.35. The van der Waals surface area contributed by atoms with E-state index in [0.29, 0.717) is 28.1 Å². The zero-order chi connectivity index (χ0) is 14.3. The Kier molecular flexibility index (Phi) is 7.13. The maximum atomic E-state index is 11.5. The molecule has 0 spiro atoms. The van der Waals surface area contributed by atoms with Gasteiger partial charge in [0.05, 0.1) is 0 Å². The minimum Gasteiger partial charge on any atom is -0.358 e. The monoisotopic (exact) mass is 318 g/mol. The molecule has 1 aromatic carbocycles. The van der Waals surface area contributed by atoms with Crippen molar-refractivity contribution >= 4 is 46.4 Å². The Labute approximate surface area is 128 Å². The molecule has 0 unspecified atom stereocenters. The summed E-state index contributed by atoms with van der Waals surface area (Å²) >= 11 is 16.9. The molecule has 0 saturated carbocycles. The van der Waals surface area contributed by atoms with Gasteiger partial charge in [-0.2, -0.15) is 0 Å². The van der Waals surface area contributed by atoms with Crippen LogP contribution in [0.3, 0.4) is 0 Å². The fourth-order valence-electron chi connectivity index (χ4n) is 1.41. The summed E-state index contributed by atoms with van der Waals surface area (Å²) in [5.74, 6) is -0.0680. The third-order valence-corrected chi connectivity index (χ3v) is 3.30. The number of hydrogen-bond acceptors (Lipinski definition) is 2. The van der Waals surface area contributed by atoms with Gasteiger partial charge < -0.3 is 10.6 Å². The van der Waals surface area contributed by atoms with Crippen LogP contribution < -0.4 is 10.6 Å². The van der Waals surface area contributed by atoms with Crippen molar-refractivity contribution in [3.8, 4) is 0 Å². The molecule has 0 fully saturated rings. The summed E-state index contributed by atoms with van der Waals surface area (Å²) in [5.41, 5.74) is 0.872. The van der Waals surface area contributed by atoms with Crippen molar-refractivity contribution in [2.24, 2.45) is 0 Å². The van der Waals surface area contributed by atoms with Crippen molar-refractivity contribution in [2.45, 2.75) is 32.7 Å². The van der Waals surface area contributed by atoms with E-state index in [0.717, 1.165) is 18.4 Å². The lowest BCUT2D eigenvalue weighted by Crippen LogP contribution is -2.38. The van der Waals surface area contributed by atoms with E-state index >= 15 is 0 Å². The van der Waals surface area contributed by atoms with Crippen LogP contribution in [0.2, 0.25) is 10.0 Å². The lowest BCUT2D eigenvalue weighted by molar-refractivity contribution is -0.119. The number of unbranched alkanes of at least 4 members (excludes halogenated alkanes) is 1. The van der Waals surface area contributed by atoms with Crippen LogP contribution in [0.4, 0.5) is 0 Å². The summed E-state index contributed by atoms with van der Waals surface area (Å²) in [6, 6.07) is 5.25. The molecule has 0 aliphatic carbocycles. The van der Waals surface area contributed by atoms with E-state index in [-0.39, 0.29) is 5.91 Å². The van der Waals surface area contributed by atoms with Gasteiger partial charge in [-0.15, -0.1) is 0 Å². The van der Waals surface area contributed by atoms with E-state index in [1.54, 1.807) is 12.1 Å². The number of amides is 1. The van der Waals surface area contributed by atoms with Gasteiger partial charge in [0.15, 0.2) is 5.11 Å². The number of thiocarbonyl (C=S) groups is 1. The predicted octanol–water partition coefficient (Wildman–Crippen LogP) is 3.67. The van der Waals surface area contributed by atoms with E-state index < -0.39 is 0 Å². The Hall–Kier alpha value is -0.840. The van der Waals surface area contributed by atoms with Crippen LogP contribution >= 0.6 is 35.4 Å². The second-order valence-corrected chi connectivity index (χ2v) is 5.32. The first-order valence-electron chi connectivity index (χ1n) is 6.04. The Bertz CT molecular complexity index is 466. The zero-order valence-corrected chi connectivity index (χ0v) is 13.0. The third kappa shape index (κ3) is 6.23. The average molecular weight is 319 g/mol. The molecule has 1 amide bonds. The molecule has 3 nitrogen and oxygen atoms in total. The lowest BCUT2D eigenvalue weighted by atomic mass is 10.2. The molecule has 0 aliphatic rings. The summed E-state index contributed by atoms with van der Waals surface area (Å²) in [6.07, 6.45) is 2.32. The van der Waals surface area contributed by atoms with E-state index in [1.807, 2.05) is 13.0 Å². The first-order chi connectivity index (χ1) is 9.02. The second-order valence-electron chi connectivity index (χ2n) is 4.07. The molecule has 0 saturated heterocycles. The average Bonchev–Trinajstić information content (AvgIpc) is 2.35. The number of benzene rings is 1. The Morgan fingerprint density at radius 3 is 2.74 bits per heavy atom. The fourth-order valence-corrected chi connectivity index (χ4v) is 2.07. The van der Waals surface area contributed by atoms with E-state index in [4.69, 9.17) is 35.4 Å². The van der Waals surface area contributed by atoms with Gasteiger partial charge in [0.25, 0.3) is 0 Å². The number of rotatable bonds is 5. The standard InChI is InChI=1S/C13H16Cl2N2OS/c1-2-3-4-12(18)17-13(19)16-8-9-5-6-10(14)7-11(9)15/h5-7H,2-4,8H2,1H3,(H2,16,17,18,19). The third-order valence-electron chi connectivity index (χ3n) is 2.46. The van der Waals surface area contributed by atoms with Gasteiger partial charge in [0.1, 0.15) is 0 Å². The molecule has 0 aromatic heterocycles. The van der Waals surface area contributed by atoms with Gasteiger partial charge in [-0.3, -0.25) is 4.79 Å². The summed E-state index contributed by atoms with van der Waals surface area (Å²) in [7, 11) is 0. The predicted molar refractivity (Wildman–Crippen MR) is 83.6 cm³/mol. The normalized spacial score (nSPS) is 10.1. The Morgan fingerprint density at radius 1 is 1.37 bits per heavy atom. The molecule has 19 heavy (non-hydrogen) atoms. The number of halogens is 2. The van der Waals surface area contributed by atoms with Gasteiger partial charge in [0.2, 0.25) is 5.91 Å². The molecule has 0 bridgehead atoms. The first kappa shape index (κ1) is 16.2. The summed E-state index contributed by atoms with van der Waals surface area (Å²) < 4.78 is 0. The van der Waals surface area contributed by atoms with Crippen LogP contribution in [-0.4, -0.2) is 11.0 Å². The van der Waals surface area contributed by atoms with Crippen molar-refractivity contribution in [3.63, 3.8) is 0 Å². The van der Waals surface area contributed by atoms with Crippen LogP contribution in [-0.2, 0) is 11.3 Å². The highest BCUT2D eigenvalue weighted by Gasteiger charge is 2.05. The molecule has 0 heterocycles. The molecular formula is C13H16Cl2N2OS. The van der Waals surface area contributed by atoms with E-state index in [9.17, 15) is 4.79 Å². The van der Waals surface area contributed by atoms with Gasteiger partial charge in [-0.1, -0.05) is 42.6 Å². The van der Waals surface area contributed by atoms with Crippen molar-refractivity contribution in [1.29, 1.82) is 0 Å². The maximum absolute atomic E-state index is 11.5. The molecule has 2 N–H and O–H groups in total. The van der Waals surface area contributed by atoms with Gasteiger partial charge in [0, 0.05) is 23.0 Å². The Balaban J connectivity index is 2.39. The molecule has 0 aliphatic heterocycles. The molecular weight excluding hydrogens is 303 g/mol. The number of hydrogen-bond donors (Lipinski definition) is 2. The maximum Gasteiger partial charge on any atom is 0.226 e. The minimum absolute atomic E-state index is 0.0680. The number of carbonyl (C=O) groups is 1. The van der Waals surface area contributed by atoms with Crippen LogP contribution in [0.15, 0.2) is 18.2 Å². The van der Waals surface area contributed by atoms with Crippen molar-refractivity contribution in [3.05, 3.63) is 33.8 Å². The molecule has 1 rings (SSSR count). The van der Waals surface area contributed by atoms with Crippen molar-refractivity contribution in [1.82, 2.24) is 10.6 Å². The molecule has 0 radical (unpaired) electrons. The zero-order valence-electron chi connectivity index (χ0n) is 10.6. The summed E-state index contributed by atoms with van der Waals surface area (Å²) in [6.45, 7) is 2.48. The molecule has 104 valence electrons. The van der Waals surface area contributed by atoms with Crippen LogP contribution in [0.25, 0.3) is 0 Å². The van der Waals surface area contributed by atoms with Gasteiger partial charge in [-0.05, 0) is 36.3 Å². The number of carbonyl (C=O) groups excluding carboxylic acids is 1. The van der Waals surface area contributed by atoms with Crippen LogP contribution in [0.5, 0.6) is 0 Å². The van der Waals surface area contributed by atoms with Crippen LogP contribution in [0, 0.1) is 0 Å². The van der Waals surface area contributed by atoms with E-state index in [2.05, 4.69) is 10.6 Å². The first-order valence-corrected chi connectivity index (χ1v) is 7.21. The largest absolute Gasteiger partial charge is 0.358 e. The Morgan fingerprint density at radius 2 is 2.11 bits per heavy atom. The van der Waals surface area contributed by atoms with Crippen LogP contribution in [0.1, 0.15) is 31.7 Å². The highest BCUT2D eigenvalue weighted by molar-refractivity contribution is 7.80. The SMILES string of the molecule is CCCCC(=O)NC(=S)NCc1ccc(Cl)cc1Cl. The minimum atomic E-state index is -0.0680. The molecule has 6 heteroatoms. The van der Waals surface area contributed by atoms with Crippen molar-refractivity contribution < 1.29 is 4.79 Å². The van der Waals surface area contributed by atoms with E-state index in [1.165, 1.54) is 0 Å². The van der Waals surface area contributed by atoms with Gasteiger partial charge >= 0.3 is 0 Å². The van der Waals surface area contributed by atoms with Crippen molar-refractivity contribution in [2.75, 3.05) is 0 Å².